The van der Waals surface area contributed by atoms with Crippen LogP contribution >= 0.6 is 24.0 Å². The van der Waals surface area contributed by atoms with E-state index in [1.54, 1.807) is 6.26 Å². The normalized spacial score (nSPS) is 16.9. The van der Waals surface area contributed by atoms with Gasteiger partial charge in [-0.05, 0) is 50.6 Å². The van der Waals surface area contributed by atoms with Gasteiger partial charge in [-0.1, -0.05) is 36.8 Å². The summed E-state index contributed by atoms with van der Waals surface area (Å²) in [4.78, 5) is 7.30. The zero-order valence-corrected chi connectivity index (χ0v) is 21.4. The highest BCUT2D eigenvalue weighted by Gasteiger charge is 2.24. The average Bonchev–Trinajstić information content (AvgIpc) is 3.30. The molecular formula is C23H35IN4O2S. The van der Waals surface area contributed by atoms with Crippen molar-refractivity contribution in [3.05, 3.63) is 60.1 Å². The number of furan rings is 1. The molecule has 2 atom stereocenters. The molecule has 1 aromatic carbocycles. The molecule has 31 heavy (non-hydrogen) atoms. The minimum absolute atomic E-state index is 0. The van der Waals surface area contributed by atoms with Crippen LogP contribution < -0.4 is 10.6 Å². The smallest absolute Gasteiger partial charge is 0.191 e. The highest BCUT2D eigenvalue weighted by molar-refractivity contribution is 14.0. The van der Waals surface area contributed by atoms with E-state index in [-0.39, 0.29) is 30.0 Å². The second-order valence-electron chi connectivity index (χ2n) is 7.55. The van der Waals surface area contributed by atoms with E-state index in [1.807, 2.05) is 42.5 Å². The Morgan fingerprint density at radius 2 is 1.90 bits per heavy atom. The molecule has 2 aromatic rings. The summed E-state index contributed by atoms with van der Waals surface area (Å²) in [5.41, 5.74) is 1.11. The number of piperidine rings is 1. The molecule has 0 saturated carbocycles. The molecule has 0 bridgehead atoms. The van der Waals surface area contributed by atoms with Gasteiger partial charge in [0.05, 0.1) is 18.8 Å². The lowest BCUT2D eigenvalue weighted by Crippen LogP contribution is -2.40. The van der Waals surface area contributed by atoms with E-state index >= 15 is 0 Å². The van der Waals surface area contributed by atoms with Crippen molar-refractivity contribution in [1.82, 2.24) is 15.5 Å². The maximum Gasteiger partial charge on any atom is 0.191 e. The SMILES string of the molecule is CCNC(=NCC(c1ccco1)N1CCCCC1)NCCS(=O)Cc1ccccc1.I. The van der Waals surface area contributed by atoms with E-state index in [1.165, 1.54) is 19.3 Å². The zero-order chi connectivity index (χ0) is 21.0. The Balaban J connectivity index is 0.00000341. The van der Waals surface area contributed by atoms with Gasteiger partial charge in [0.2, 0.25) is 0 Å². The number of nitrogens with zero attached hydrogens (tertiary/aromatic N) is 2. The first-order valence-corrected chi connectivity index (χ1v) is 12.4. The fourth-order valence-electron chi connectivity index (χ4n) is 3.73. The number of likely N-dealkylation sites (tertiary alicyclic amines) is 1. The molecule has 1 fully saturated rings. The summed E-state index contributed by atoms with van der Waals surface area (Å²) < 4.78 is 18.1. The second kappa shape index (κ2) is 14.6. The Morgan fingerprint density at radius 1 is 1.13 bits per heavy atom. The first-order chi connectivity index (χ1) is 14.8. The van der Waals surface area contributed by atoms with Crippen LogP contribution in [0.15, 0.2) is 58.1 Å². The zero-order valence-electron chi connectivity index (χ0n) is 18.3. The van der Waals surface area contributed by atoms with Crippen molar-refractivity contribution in [2.75, 3.05) is 38.5 Å². The largest absolute Gasteiger partial charge is 0.468 e. The summed E-state index contributed by atoms with van der Waals surface area (Å²) in [6, 6.07) is 14.1. The molecule has 2 heterocycles. The van der Waals surface area contributed by atoms with Crippen molar-refractivity contribution in [1.29, 1.82) is 0 Å². The molecule has 0 radical (unpaired) electrons. The number of hydrogen-bond acceptors (Lipinski definition) is 4. The van der Waals surface area contributed by atoms with Gasteiger partial charge in [-0.15, -0.1) is 24.0 Å². The Morgan fingerprint density at radius 3 is 2.58 bits per heavy atom. The number of hydrogen-bond donors (Lipinski definition) is 2. The lowest BCUT2D eigenvalue weighted by molar-refractivity contribution is 0.150. The van der Waals surface area contributed by atoms with Crippen molar-refractivity contribution < 1.29 is 8.63 Å². The van der Waals surface area contributed by atoms with Crippen LogP contribution in [0.4, 0.5) is 0 Å². The maximum atomic E-state index is 12.4. The van der Waals surface area contributed by atoms with Gasteiger partial charge in [0.25, 0.3) is 0 Å². The topological polar surface area (TPSA) is 69.9 Å². The fourth-order valence-corrected chi connectivity index (χ4v) is 4.77. The first kappa shape index (κ1) is 25.9. The highest BCUT2D eigenvalue weighted by Crippen LogP contribution is 2.25. The molecule has 0 aliphatic carbocycles. The van der Waals surface area contributed by atoms with Gasteiger partial charge in [-0.3, -0.25) is 14.1 Å². The third-order valence-electron chi connectivity index (χ3n) is 5.26. The quantitative estimate of drug-likeness (QED) is 0.263. The van der Waals surface area contributed by atoms with E-state index < -0.39 is 10.8 Å². The van der Waals surface area contributed by atoms with Gasteiger partial charge < -0.3 is 15.1 Å². The second-order valence-corrected chi connectivity index (χ2v) is 9.12. The third kappa shape index (κ3) is 8.94. The summed E-state index contributed by atoms with van der Waals surface area (Å²) in [6.45, 7) is 6.27. The third-order valence-corrected chi connectivity index (χ3v) is 6.58. The highest BCUT2D eigenvalue weighted by atomic mass is 127. The van der Waals surface area contributed by atoms with E-state index in [2.05, 4.69) is 22.5 Å². The van der Waals surface area contributed by atoms with Crippen molar-refractivity contribution in [2.45, 2.75) is 38.0 Å². The lowest BCUT2D eigenvalue weighted by atomic mass is 10.1. The molecule has 1 aliphatic heterocycles. The van der Waals surface area contributed by atoms with Gasteiger partial charge in [-0.25, -0.2) is 0 Å². The first-order valence-electron chi connectivity index (χ1n) is 10.9. The van der Waals surface area contributed by atoms with E-state index in [0.29, 0.717) is 24.6 Å². The van der Waals surface area contributed by atoms with Crippen molar-refractivity contribution in [2.24, 2.45) is 4.99 Å². The fraction of sp³-hybridized carbons (Fsp3) is 0.522. The van der Waals surface area contributed by atoms with Crippen LogP contribution in [0.25, 0.3) is 0 Å². The maximum absolute atomic E-state index is 12.4. The molecule has 8 heteroatoms. The molecule has 172 valence electrons. The van der Waals surface area contributed by atoms with Gasteiger partial charge in [0, 0.05) is 35.4 Å². The number of aliphatic imine (C=N–C) groups is 1. The summed E-state index contributed by atoms with van der Waals surface area (Å²) >= 11 is 0. The molecule has 1 aromatic heterocycles. The molecule has 0 amide bonds. The molecule has 3 rings (SSSR count). The molecule has 6 nitrogen and oxygen atoms in total. The van der Waals surface area contributed by atoms with Gasteiger partial charge >= 0.3 is 0 Å². The summed E-state index contributed by atoms with van der Waals surface area (Å²) in [5.74, 6) is 2.92. The standard InChI is InChI=1S/C23H34N4O2S.HI/c1-2-24-23(25-13-17-30(28)19-20-10-5-3-6-11-20)26-18-21(22-12-9-16-29-22)27-14-7-4-8-15-27;/h3,5-6,9-12,16,21H,2,4,7-8,13-15,17-19H2,1H3,(H2,24,25,26);1H. The van der Waals surface area contributed by atoms with Crippen molar-refractivity contribution in [3.8, 4) is 0 Å². The minimum atomic E-state index is -0.901. The molecule has 0 spiro atoms. The molecule has 1 aliphatic rings. The van der Waals surface area contributed by atoms with Crippen LogP contribution in [0.1, 0.15) is 43.6 Å². The number of rotatable bonds is 10. The van der Waals surface area contributed by atoms with E-state index in [0.717, 1.165) is 36.9 Å². The number of guanidine groups is 1. The Bertz CT molecular complexity index is 780. The molecule has 2 unspecified atom stereocenters. The van der Waals surface area contributed by atoms with E-state index in [9.17, 15) is 4.21 Å². The van der Waals surface area contributed by atoms with Crippen LogP contribution in [-0.2, 0) is 16.6 Å². The number of halogens is 1. The average molecular weight is 559 g/mol. The minimum Gasteiger partial charge on any atom is -0.468 e. The summed E-state index contributed by atoms with van der Waals surface area (Å²) in [5, 5.41) is 6.64. The van der Waals surface area contributed by atoms with E-state index in [4.69, 9.17) is 9.41 Å². The van der Waals surface area contributed by atoms with Crippen molar-refractivity contribution in [3.63, 3.8) is 0 Å². The Hall–Kier alpha value is -1.39. The van der Waals surface area contributed by atoms with Crippen molar-refractivity contribution >= 4 is 40.7 Å². The van der Waals surface area contributed by atoms with Gasteiger partial charge in [0.1, 0.15) is 5.76 Å². The number of benzene rings is 1. The lowest BCUT2D eigenvalue weighted by Gasteiger charge is -2.32. The predicted octanol–water partition coefficient (Wildman–Crippen LogP) is 3.93. The molecule has 1 saturated heterocycles. The summed E-state index contributed by atoms with van der Waals surface area (Å²) in [6.07, 6.45) is 5.50. The summed E-state index contributed by atoms with van der Waals surface area (Å²) in [7, 11) is -0.901. The Kier molecular flexibility index (Phi) is 12.2. The van der Waals surface area contributed by atoms with Crippen LogP contribution in [0.5, 0.6) is 0 Å². The van der Waals surface area contributed by atoms with Crippen LogP contribution in [0.3, 0.4) is 0 Å². The molecule has 2 N–H and O–H groups in total. The van der Waals surface area contributed by atoms with Gasteiger partial charge in [-0.2, -0.15) is 0 Å². The van der Waals surface area contributed by atoms with Crippen LogP contribution in [0.2, 0.25) is 0 Å². The Labute approximate surface area is 205 Å². The van der Waals surface area contributed by atoms with Gasteiger partial charge in [0.15, 0.2) is 5.96 Å². The monoisotopic (exact) mass is 558 g/mol. The van der Waals surface area contributed by atoms with Crippen LogP contribution in [0, 0.1) is 0 Å². The number of nitrogens with one attached hydrogen (secondary N) is 2. The predicted molar refractivity (Wildman–Crippen MR) is 139 cm³/mol. The van der Waals surface area contributed by atoms with Crippen LogP contribution in [-0.4, -0.2) is 53.5 Å². The molecular weight excluding hydrogens is 523 g/mol.